The van der Waals surface area contributed by atoms with Gasteiger partial charge in [-0.15, -0.1) is 0 Å². The molecule has 0 unspecified atom stereocenters. The standard InChI is InChI=1S/C17H19N2O5S2/c1-14-3-7-16(8-4-14)18-13-15-5-9-17(10-6-15)26(21,22)19-25(20)24-12-11-23-2/h3-10,13H,11-12H2,1-2H3/q-1. The highest BCUT2D eigenvalue weighted by atomic mass is 32.3. The molecule has 140 valence electrons. The number of benzene rings is 2. The summed E-state index contributed by atoms with van der Waals surface area (Å²) in [5.41, 5.74) is 2.67. The van der Waals surface area contributed by atoms with Crippen LogP contribution < -0.4 is 0 Å². The second-order valence-corrected chi connectivity index (χ2v) is 7.93. The summed E-state index contributed by atoms with van der Waals surface area (Å²) in [6.45, 7) is 2.17. The molecular weight excluding hydrogens is 376 g/mol. The molecule has 0 aromatic heterocycles. The highest BCUT2D eigenvalue weighted by Crippen LogP contribution is 2.15. The number of hydrogen-bond donors (Lipinski definition) is 0. The highest BCUT2D eigenvalue weighted by Gasteiger charge is 2.09. The number of ether oxygens (including phenoxy) is 1. The smallest absolute Gasteiger partial charge is 0.262 e. The first-order valence-corrected chi connectivity index (χ1v) is 10.1. The Hall–Kier alpha value is -2.07. The summed E-state index contributed by atoms with van der Waals surface area (Å²) in [6.07, 6.45) is 1.63. The second kappa shape index (κ2) is 9.58. The molecule has 0 saturated carbocycles. The molecule has 0 saturated heterocycles. The van der Waals surface area contributed by atoms with Crippen molar-refractivity contribution in [1.82, 2.24) is 0 Å². The van der Waals surface area contributed by atoms with Gasteiger partial charge in [0.1, 0.15) is 0 Å². The topological polar surface area (TPSA) is 94.4 Å². The molecule has 0 aliphatic rings. The van der Waals surface area contributed by atoms with Crippen LogP contribution in [0.1, 0.15) is 11.1 Å². The van der Waals surface area contributed by atoms with Gasteiger partial charge in [-0.25, -0.2) is 8.42 Å². The van der Waals surface area contributed by atoms with E-state index in [1.54, 1.807) is 18.3 Å². The SMILES string of the molecule is COCCO[S-](=O)=NS(=O)(=O)c1ccc(C=Nc2ccc(C)cc2)cc1. The molecule has 0 aliphatic carbocycles. The van der Waals surface area contributed by atoms with Gasteiger partial charge < -0.3 is 13.1 Å². The van der Waals surface area contributed by atoms with E-state index in [1.165, 1.54) is 19.2 Å². The van der Waals surface area contributed by atoms with Crippen molar-refractivity contribution in [3.05, 3.63) is 59.7 Å². The molecular formula is C17H19N2O5S2-. The van der Waals surface area contributed by atoms with Gasteiger partial charge in [-0.05, 0) is 47.6 Å². The van der Waals surface area contributed by atoms with E-state index in [2.05, 4.69) is 8.76 Å². The van der Waals surface area contributed by atoms with Crippen LogP contribution in [0.4, 0.5) is 5.69 Å². The summed E-state index contributed by atoms with van der Waals surface area (Å²) in [6, 6.07) is 13.6. The van der Waals surface area contributed by atoms with Crippen LogP contribution in [-0.4, -0.2) is 35.0 Å². The number of hydrogen-bond acceptors (Lipinski definition) is 7. The molecule has 0 amide bonds. The molecule has 0 bridgehead atoms. The third kappa shape index (κ3) is 6.34. The maximum atomic E-state index is 12.1. The van der Waals surface area contributed by atoms with Crippen LogP contribution in [0, 0.1) is 6.92 Å². The summed E-state index contributed by atoms with van der Waals surface area (Å²) < 4.78 is 48.4. The third-order valence-electron chi connectivity index (χ3n) is 3.21. The van der Waals surface area contributed by atoms with E-state index in [4.69, 9.17) is 8.92 Å². The quantitative estimate of drug-likeness (QED) is 0.389. The van der Waals surface area contributed by atoms with Gasteiger partial charge in [0.05, 0.1) is 17.2 Å². The Kier molecular flexibility index (Phi) is 7.46. The Morgan fingerprint density at radius 2 is 1.69 bits per heavy atom. The lowest BCUT2D eigenvalue weighted by Gasteiger charge is -2.07. The zero-order valence-corrected chi connectivity index (χ0v) is 16.0. The second-order valence-electron chi connectivity index (χ2n) is 5.24. The van der Waals surface area contributed by atoms with E-state index >= 15 is 0 Å². The number of aryl methyl sites for hydroxylation is 1. The maximum absolute atomic E-state index is 12.1. The zero-order valence-electron chi connectivity index (χ0n) is 14.4. The molecule has 0 N–H and O–H groups in total. The summed E-state index contributed by atoms with van der Waals surface area (Å²) in [5.74, 6) is 0. The molecule has 26 heavy (non-hydrogen) atoms. The summed E-state index contributed by atoms with van der Waals surface area (Å²) >= 11 is 0. The van der Waals surface area contributed by atoms with Crippen molar-refractivity contribution < 1.29 is 21.5 Å². The average Bonchev–Trinajstić information content (AvgIpc) is 2.61. The first-order valence-electron chi connectivity index (χ1n) is 7.63. The van der Waals surface area contributed by atoms with Crippen LogP contribution in [0.3, 0.4) is 0 Å². The molecule has 0 spiro atoms. The van der Waals surface area contributed by atoms with E-state index in [9.17, 15) is 12.6 Å². The van der Waals surface area contributed by atoms with Crippen LogP contribution in [0.5, 0.6) is 0 Å². The van der Waals surface area contributed by atoms with Crippen molar-refractivity contribution >= 4 is 32.8 Å². The summed E-state index contributed by atoms with van der Waals surface area (Å²) in [4.78, 5) is 4.25. The van der Waals surface area contributed by atoms with E-state index in [1.807, 2.05) is 31.2 Å². The largest absolute Gasteiger partial charge is 0.435 e. The fourth-order valence-electron chi connectivity index (χ4n) is 1.84. The van der Waals surface area contributed by atoms with Crippen molar-refractivity contribution in [1.29, 1.82) is 0 Å². The Balaban J connectivity index is 2.09. The summed E-state index contributed by atoms with van der Waals surface area (Å²) in [5, 5.41) is 0. The van der Waals surface area contributed by atoms with Crippen molar-refractivity contribution in [3.8, 4) is 0 Å². The van der Waals surface area contributed by atoms with Crippen molar-refractivity contribution in [2.75, 3.05) is 20.3 Å². The lowest BCUT2D eigenvalue weighted by Crippen LogP contribution is -2.02. The molecule has 0 aliphatic heterocycles. The van der Waals surface area contributed by atoms with E-state index in [0.717, 1.165) is 16.8 Å². The van der Waals surface area contributed by atoms with Gasteiger partial charge in [-0.1, -0.05) is 29.8 Å². The van der Waals surface area contributed by atoms with Gasteiger partial charge in [0.25, 0.3) is 10.0 Å². The molecule has 2 aromatic rings. The Labute approximate surface area is 155 Å². The number of rotatable bonds is 8. The van der Waals surface area contributed by atoms with Gasteiger partial charge in [0.2, 0.25) is 0 Å². The maximum Gasteiger partial charge on any atom is 0.262 e. The lowest BCUT2D eigenvalue weighted by molar-refractivity contribution is 0.154. The monoisotopic (exact) mass is 395 g/mol. The highest BCUT2D eigenvalue weighted by molar-refractivity contribution is 7.95. The molecule has 0 radical (unpaired) electrons. The van der Waals surface area contributed by atoms with Gasteiger partial charge in [0, 0.05) is 19.9 Å². The van der Waals surface area contributed by atoms with Crippen LogP contribution in [0.2, 0.25) is 0 Å². The minimum Gasteiger partial charge on any atom is -0.435 e. The predicted molar refractivity (Wildman–Crippen MR) is 100 cm³/mol. The Morgan fingerprint density at radius 3 is 2.31 bits per heavy atom. The molecule has 7 nitrogen and oxygen atoms in total. The van der Waals surface area contributed by atoms with Gasteiger partial charge >= 0.3 is 0 Å². The molecule has 2 aromatic carbocycles. The van der Waals surface area contributed by atoms with E-state index in [-0.39, 0.29) is 18.1 Å². The zero-order chi connectivity index (χ0) is 19.0. The first kappa shape index (κ1) is 20.2. The van der Waals surface area contributed by atoms with Crippen molar-refractivity contribution in [2.45, 2.75) is 11.8 Å². The fourth-order valence-corrected chi connectivity index (χ4v) is 3.69. The van der Waals surface area contributed by atoms with Crippen LogP contribution in [0.25, 0.3) is 0 Å². The summed E-state index contributed by atoms with van der Waals surface area (Å²) in [7, 11) is -4.92. The Bertz CT molecular complexity index is 930. The molecule has 9 heteroatoms. The van der Waals surface area contributed by atoms with Crippen molar-refractivity contribution in [2.24, 2.45) is 8.76 Å². The molecule has 0 heterocycles. The third-order valence-corrected chi connectivity index (χ3v) is 5.71. The van der Waals surface area contributed by atoms with Gasteiger partial charge in [-0.3, -0.25) is 8.76 Å². The number of methoxy groups -OCH3 is 1. The number of aliphatic imine (C=N–C) groups is 1. The lowest BCUT2D eigenvalue weighted by atomic mass is 10.2. The normalized spacial score (nSPS) is 13.3. The molecule has 0 fully saturated rings. The van der Waals surface area contributed by atoms with Gasteiger partial charge in [0.15, 0.2) is 0 Å². The minimum absolute atomic E-state index is 0.0173. The van der Waals surface area contributed by atoms with Crippen LogP contribution >= 0.6 is 0 Å². The van der Waals surface area contributed by atoms with Crippen molar-refractivity contribution in [3.63, 3.8) is 0 Å². The fraction of sp³-hybridized carbons (Fsp3) is 0.235. The van der Waals surface area contributed by atoms with Crippen LogP contribution in [0.15, 0.2) is 62.2 Å². The predicted octanol–water partition coefficient (Wildman–Crippen LogP) is 3.16. The van der Waals surface area contributed by atoms with E-state index < -0.39 is 20.9 Å². The van der Waals surface area contributed by atoms with E-state index in [0.29, 0.717) is 0 Å². The number of nitrogens with zero attached hydrogens (tertiary/aromatic N) is 2. The molecule has 2 rings (SSSR count). The van der Waals surface area contributed by atoms with Gasteiger partial charge in [-0.2, -0.15) is 0 Å². The van der Waals surface area contributed by atoms with Crippen LogP contribution in [-0.2, 0) is 34.0 Å². The Morgan fingerprint density at radius 1 is 1.04 bits per heavy atom. The first-order chi connectivity index (χ1) is 12.4. The minimum atomic E-state index is -4.07. The molecule has 0 atom stereocenters. The average molecular weight is 395 g/mol. The number of sulfonamides is 1.